The van der Waals surface area contributed by atoms with Crippen LogP contribution < -0.4 is 20.3 Å². The van der Waals surface area contributed by atoms with Gasteiger partial charge in [0.1, 0.15) is 0 Å². The van der Waals surface area contributed by atoms with Crippen molar-refractivity contribution in [1.82, 2.24) is 10.9 Å². The summed E-state index contributed by atoms with van der Waals surface area (Å²) < 4.78 is 10.9. The summed E-state index contributed by atoms with van der Waals surface area (Å²) in [7, 11) is 0. The van der Waals surface area contributed by atoms with E-state index in [4.69, 9.17) is 9.47 Å². The van der Waals surface area contributed by atoms with Gasteiger partial charge >= 0.3 is 0 Å². The summed E-state index contributed by atoms with van der Waals surface area (Å²) in [5.41, 5.74) is 5.19. The molecule has 6 heteroatoms. The third kappa shape index (κ3) is 4.76. The standard InChI is InChI=1S/C21H20N2O4/c1-2-26-18-9-5-6-10-19(18)27-14-20(24)22-23-21(25)17-12-11-15-7-3-4-8-16(15)13-17/h3-13H,2,14H2,1H3,(H,22,24)(H,23,25). The number of rotatable bonds is 6. The maximum atomic E-state index is 12.2. The minimum Gasteiger partial charge on any atom is -0.490 e. The third-order valence-electron chi connectivity index (χ3n) is 3.83. The lowest BCUT2D eigenvalue weighted by Gasteiger charge is -2.12. The number of benzene rings is 3. The van der Waals surface area contributed by atoms with Crippen LogP contribution in [0.3, 0.4) is 0 Å². The van der Waals surface area contributed by atoms with E-state index in [1.807, 2.05) is 43.3 Å². The lowest BCUT2D eigenvalue weighted by molar-refractivity contribution is -0.123. The normalized spacial score (nSPS) is 10.3. The molecule has 0 aliphatic carbocycles. The fraction of sp³-hybridized carbons (Fsp3) is 0.143. The van der Waals surface area contributed by atoms with E-state index in [9.17, 15) is 9.59 Å². The van der Waals surface area contributed by atoms with Crippen molar-refractivity contribution in [2.45, 2.75) is 6.92 Å². The monoisotopic (exact) mass is 364 g/mol. The minimum atomic E-state index is -0.476. The second-order valence-corrected chi connectivity index (χ2v) is 5.73. The molecule has 0 aromatic heterocycles. The number of carbonyl (C=O) groups excluding carboxylic acids is 2. The molecule has 0 bridgehead atoms. The zero-order valence-electron chi connectivity index (χ0n) is 14.9. The molecule has 0 spiro atoms. The Bertz CT molecular complexity index is 956. The number of amides is 2. The molecule has 3 aromatic rings. The Kier molecular flexibility index (Phi) is 5.89. The molecule has 138 valence electrons. The van der Waals surface area contributed by atoms with Crippen LogP contribution in [0.5, 0.6) is 11.5 Å². The predicted octanol–water partition coefficient (Wildman–Crippen LogP) is 3.08. The SMILES string of the molecule is CCOc1ccccc1OCC(=O)NNC(=O)c1ccc2ccccc2c1. The van der Waals surface area contributed by atoms with Crippen molar-refractivity contribution >= 4 is 22.6 Å². The number of para-hydroxylation sites is 2. The molecule has 2 amide bonds. The first-order valence-corrected chi connectivity index (χ1v) is 8.60. The van der Waals surface area contributed by atoms with Crippen LogP contribution >= 0.6 is 0 Å². The molecule has 3 aromatic carbocycles. The van der Waals surface area contributed by atoms with Gasteiger partial charge in [0.15, 0.2) is 18.1 Å². The Morgan fingerprint density at radius 1 is 0.815 bits per heavy atom. The molecule has 6 nitrogen and oxygen atoms in total. The molecule has 0 aliphatic rings. The highest BCUT2D eigenvalue weighted by atomic mass is 16.5. The van der Waals surface area contributed by atoms with Crippen molar-refractivity contribution in [2.24, 2.45) is 0 Å². The molecule has 0 saturated heterocycles. The summed E-state index contributed by atoms with van der Waals surface area (Å²) in [5.74, 6) is 0.155. The lowest BCUT2D eigenvalue weighted by Crippen LogP contribution is -2.43. The van der Waals surface area contributed by atoms with Crippen LogP contribution in [0.4, 0.5) is 0 Å². The Labute approximate surface area is 157 Å². The van der Waals surface area contributed by atoms with Gasteiger partial charge in [0, 0.05) is 5.56 Å². The second kappa shape index (κ2) is 8.71. The van der Waals surface area contributed by atoms with E-state index < -0.39 is 11.8 Å². The Morgan fingerprint density at radius 2 is 1.48 bits per heavy atom. The molecular weight excluding hydrogens is 344 g/mol. The van der Waals surface area contributed by atoms with Crippen LogP contribution in [0.1, 0.15) is 17.3 Å². The van der Waals surface area contributed by atoms with Crippen LogP contribution in [-0.2, 0) is 4.79 Å². The molecule has 27 heavy (non-hydrogen) atoms. The van der Waals surface area contributed by atoms with Gasteiger partial charge in [-0.3, -0.25) is 20.4 Å². The average molecular weight is 364 g/mol. The summed E-state index contributed by atoms with van der Waals surface area (Å²) >= 11 is 0. The quantitative estimate of drug-likeness (QED) is 0.659. The van der Waals surface area contributed by atoms with Gasteiger partial charge < -0.3 is 9.47 Å². The number of ether oxygens (including phenoxy) is 2. The second-order valence-electron chi connectivity index (χ2n) is 5.73. The number of carbonyl (C=O) groups is 2. The van der Waals surface area contributed by atoms with Gasteiger partial charge in [-0.1, -0.05) is 42.5 Å². The number of fused-ring (bicyclic) bond motifs is 1. The van der Waals surface area contributed by atoms with Crippen molar-refractivity contribution < 1.29 is 19.1 Å². The molecule has 3 rings (SSSR count). The van der Waals surface area contributed by atoms with E-state index in [1.54, 1.807) is 30.3 Å². The number of hydrazine groups is 1. The molecule has 0 heterocycles. The molecule has 0 saturated carbocycles. The topological polar surface area (TPSA) is 76.7 Å². The van der Waals surface area contributed by atoms with Gasteiger partial charge in [-0.25, -0.2) is 0 Å². The number of nitrogens with one attached hydrogen (secondary N) is 2. The summed E-state index contributed by atoms with van der Waals surface area (Å²) in [6.45, 7) is 2.11. The van der Waals surface area contributed by atoms with Gasteiger partial charge in [0.2, 0.25) is 0 Å². The maximum Gasteiger partial charge on any atom is 0.276 e. The van der Waals surface area contributed by atoms with Crippen molar-refractivity contribution in [3.8, 4) is 11.5 Å². The smallest absolute Gasteiger partial charge is 0.276 e. The molecule has 0 fully saturated rings. The molecular formula is C21H20N2O4. The molecule has 0 atom stereocenters. The van der Waals surface area contributed by atoms with Crippen molar-refractivity contribution in [3.05, 3.63) is 72.3 Å². The zero-order valence-corrected chi connectivity index (χ0v) is 14.9. The largest absolute Gasteiger partial charge is 0.490 e. The molecule has 0 unspecified atom stereocenters. The average Bonchev–Trinajstić information content (AvgIpc) is 2.71. The van der Waals surface area contributed by atoms with Crippen LogP contribution in [0.25, 0.3) is 10.8 Å². The predicted molar refractivity (Wildman–Crippen MR) is 103 cm³/mol. The third-order valence-corrected chi connectivity index (χ3v) is 3.83. The van der Waals surface area contributed by atoms with Crippen LogP contribution in [0, 0.1) is 0 Å². The summed E-state index contributed by atoms with van der Waals surface area (Å²) in [4.78, 5) is 24.2. The van der Waals surface area contributed by atoms with E-state index in [2.05, 4.69) is 10.9 Å². The Hall–Kier alpha value is -3.54. The Morgan fingerprint density at radius 3 is 2.22 bits per heavy atom. The zero-order chi connectivity index (χ0) is 19.1. The van der Waals surface area contributed by atoms with Gasteiger partial charge in [-0.05, 0) is 42.0 Å². The summed E-state index contributed by atoms with van der Waals surface area (Å²) in [6, 6.07) is 20.2. The first kappa shape index (κ1) is 18.3. The van der Waals surface area contributed by atoms with Crippen LogP contribution in [0.2, 0.25) is 0 Å². The van der Waals surface area contributed by atoms with Gasteiger partial charge in [0.05, 0.1) is 6.61 Å². The van der Waals surface area contributed by atoms with E-state index in [0.29, 0.717) is 23.7 Å². The van der Waals surface area contributed by atoms with Crippen LogP contribution in [-0.4, -0.2) is 25.0 Å². The van der Waals surface area contributed by atoms with Crippen molar-refractivity contribution in [2.75, 3.05) is 13.2 Å². The minimum absolute atomic E-state index is 0.248. The summed E-state index contributed by atoms with van der Waals surface area (Å²) in [6.07, 6.45) is 0. The van der Waals surface area contributed by atoms with Crippen molar-refractivity contribution in [1.29, 1.82) is 0 Å². The van der Waals surface area contributed by atoms with E-state index in [1.165, 1.54) is 0 Å². The lowest BCUT2D eigenvalue weighted by atomic mass is 10.1. The fourth-order valence-corrected chi connectivity index (χ4v) is 2.55. The number of hydrogen-bond acceptors (Lipinski definition) is 4. The fourth-order valence-electron chi connectivity index (χ4n) is 2.55. The highest BCUT2D eigenvalue weighted by molar-refractivity contribution is 5.99. The van der Waals surface area contributed by atoms with Gasteiger partial charge in [-0.2, -0.15) is 0 Å². The van der Waals surface area contributed by atoms with Crippen molar-refractivity contribution in [3.63, 3.8) is 0 Å². The first-order valence-electron chi connectivity index (χ1n) is 8.60. The first-order chi connectivity index (χ1) is 13.2. The summed E-state index contributed by atoms with van der Waals surface area (Å²) in [5, 5.41) is 1.99. The van der Waals surface area contributed by atoms with E-state index in [-0.39, 0.29) is 6.61 Å². The van der Waals surface area contributed by atoms with E-state index >= 15 is 0 Å². The highest BCUT2D eigenvalue weighted by Crippen LogP contribution is 2.26. The molecule has 0 aliphatic heterocycles. The maximum absolute atomic E-state index is 12.2. The number of hydrogen-bond donors (Lipinski definition) is 2. The Balaban J connectivity index is 1.53. The van der Waals surface area contributed by atoms with Crippen LogP contribution in [0.15, 0.2) is 66.7 Å². The highest BCUT2D eigenvalue weighted by Gasteiger charge is 2.10. The van der Waals surface area contributed by atoms with Gasteiger partial charge in [0.25, 0.3) is 11.8 Å². The molecule has 2 N–H and O–H groups in total. The molecule has 0 radical (unpaired) electrons. The van der Waals surface area contributed by atoms with E-state index in [0.717, 1.165) is 10.8 Å². The van der Waals surface area contributed by atoms with Gasteiger partial charge in [-0.15, -0.1) is 0 Å².